The van der Waals surface area contributed by atoms with Crippen LogP contribution in [0.2, 0.25) is 0 Å². The third-order valence-electron chi connectivity index (χ3n) is 4.93. The molecule has 0 aliphatic heterocycles. The molecule has 0 aliphatic rings. The number of aromatic nitrogens is 3. The summed E-state index contributed by atoms with van der Waals surface area (Å²) in [5.74, 6) is 1.56. The molecule has 1 amide bonds. The zero-order chi connectivity index (χ0) is 21.5. The van der Waals surface area contributed by atoms with Crippen molar-refractivity contribution in [1.82, 2.24) is 20.1 Å². The zero-order valence-electron chi connectivity index (χ0n) is 17.8. The van der Waals surface area contributed by atoms with Crippen LogP contribution in [0.5, 0.6) is 5.75 Å². The predicted octanol–water partition coefficient (Wildman–Crippen LogP) is 4.11. The van der Waals surface area contributed by atoms with Gasteiger partial charge in [-0.15, -0.1) is 10.2 Å². The molecule has 0 unspecified atom stereocenters. The predicted molar refractivity (Wildman–Crippen MR) is 121 cm³/mol. The Kier molecular flexibility index (Phi) is 7.52. The molecule has 158 valence electrons. The van der Waals surface area contributed by atoms with Gasteiger partial charge in [-0.25, -0.2) is 0 Å². The first-order chi connectivity index (χ1) is 14.5. The monoisotopic (exact) mass is 424 g/mol. The molecule has 0 saturated heterocycles. The summed E-state index contributed by atoms with van der Waals surface area (Å²) in [4.78, 5) is 12.6. The molecule has 2 atom stereocenters. The molecule has 0 radical (unpaired) electrons. The standard InChI is InChI=1S/C23H28N4O2S/c1-16(10-11-18-8-6-5-7-9-18)24-22(28)17(2)30-23-26-25-21(27(23)3)19-12-14-20(29-4)15-13-19/h5-9,12-17H,10-11H2,1-4H3,(H,24,28)/t16-,17-/m0/s1. The van der Waals surface area contributed by atoms with Crippen molar-refractivity contribution in [2.24, 2.45) is 7.05 Å². The van der Waals surface area contributed by atoms with E-state index in [2.05, 4.69) is 27.6 Å². The number of nitrogens with zero attached hydrogens (tertiary/aromatic N) is 3. The Balaban J connectivity index is 1.55. The Hall–Kier alpha value is -2.80. The molecule has 30 heavy (non-hydrogen) atoms. The maximum atomic E-state index is 12.6. The summed E-state index contributed by atoms with van der Waals surface area (Å²) in [7, 11) is 3.55. The highest BCUT2D eigenvalue weighted by Crippen LogP contribution is 2.26. The topological polar surface area (TPSA) is 69.0 Å². The van der Waals surface area contributed by atoms with Gasteiger partial charge in [0, 0.05) is 18.7 Å². The largest absolute Gasteiger partial charge is 0.497 e. The number of methoxy groups -OCH3 is 1. The quantitative estimate of drug-likeness (QED) is 0.524. The highest BCUT2D eigenvalue weighted by molar-refractivity contribution is 8.00. The summed E-state index contributed by atoms with van der Waals surface area (Å²) < 4.78 is 7.11. The molecule has 0 fully saturated rings. The minimum atomic E-state index is -0.268. The van der Waals surface area contributed by atoms with E-state index < -0.39 is 0 Å². The summed E-state index contributed by atoms with van der Waals surface area (Å²) >= 11 is 1.41. The van der Waals surface area contributed by atoms with E-state index in [9.17, 15) is 4.79 Å². The van der Waals surface area contributed by atoms with E-state index in [-0.39, 0.29) is 17.2 Å². The highest BCUT2D eigenvalue weighted by Gasteiger charge is 2.20. The molecule has 0 saturated carbocycles. The highest BCUT2D eigenvalue weighted by atomic mass is 32.2. The van der Waals surface area contributed by atoms with Crippen molar-refractivity contribution >= 4 is 17.7 Å². The van der Waals surface area contributed by atoms with Gasteiger partial charge in [0.2, 0.25) is 5.91 Å². The third kappa shape index (κ3) is 5.63. The van der Waals surface area contributed by atoms with Crippen LogP contribution in [-0.4, -0.2) is 39.1 Å². The average Bonchev–Trinajstić information content (AvgIpc) is 3.13. The van der Waals surface area contributed by atoms with Gasteiger partial charge in [0.1, 0.15) is 5.75 Å². The minimum absolute atomic E-state index is 0.00885. The molecular formula is C23H28N4O2S. The Morgan fingerprint density at radius 2 is 1.80 bits per heavy atom. The summed E-state index contributed by atoms with van der Waals surface area (Å²) in [6.45, 7) is 3.94. The van der Waals surface area contributed by atoms with Gasteiger partial charge in [-0.3, -0.25) is 4.79 Å². The van der Waals surface area contributed by atoms with Crippen LogP contribution in [0.3, 0.4) is 0 Å². The molecule has 6 nitrogen and oxygen atoms in total. The van der Waals surface area contributed by atoms with Crippen molar-refractivity contribution in [1.29, 1.82) is 0 Å². The van der Waals surface area contributed by atoms with Crippen LogP contribution < -0.4 is 10.1 Å². The molecule has 0 spiro atoms. The van der Waals surface area contributed by atoms with Crippen molar-refractivity contribution in [2.75, 3.05) is 7.11 Å². The van der Waals surface area contributed by atoms with E-state index in [1.54, 1.807) is 7.11 Å². The normalized spacial score (nSPS) is 12.9. The molecule has 2 aromatic carbocycles. The fourth-order valence-electron chi connectivity index (χ4n) is 3.08. The van der Waals surface area contributed by atoms with Crippen LogP contribution in [0.4, 0.5) is 0 Å². The van der Waals surface area contributed by atoms with Crippen molar-refractivity contribution in [3.63, 3.8) is 0 Å². The summed E-state index contributed by atoms with van der Waals surface area (Å²) in [5, 5.41) is 12.1. The Bertz CT molecular complexity index is 957. The molecule has 3 rings (SSSR count). The van der Waals surface area contributed by atoms with Crippen LogP contribution in [0, 0.1) is 0 Å². The maximum Gasteiger partial charge on any atom is 0.233 e. The summed E-state index contributed by atoms with van der Waals surface area (Å²) in [6, 6.07) is 18.1. The first-order valence-electron chi connectivity index (χ1n) is 10.0. The molecule has 1 heterocycles. The number of amides is 1. The number of rotatable bonds is 9. The first-order valence-corrected chi connectivity index (χ1v) is 10.9. The number of carbonyl (C=O) groups excluding carboxylic acids is 1. The average molecular weight is 425 g/mol. The van der Waals surface area contributed by atoms with Gasteiger partial charge in [-0.1, -0.05) is 42.1 Å². The third-order valence-corrected chi connectivity index (χ3v) is 6.07. The lowest BCUT2D eigenvalue weighted by Gasteiger charge is -2.17. The van der Waals surface area contributed by atoms with Crippen LogP contribution in [0.25, 0.3) is 11.4 Å². The van der Waals surface area contributed by atoms with Gasteiger partial charge < -0.3 is 14.6 Å². The number of benzene rings is 2. The van der Waals surface area contributed by atoms with Crippen molar-refractivity contribution < 1.29 is 9.53 Å². The molecule has 1 aromatic heterocycles. The molecular weight excluding hydrogens is 396 g/mol. The lowest BCUT2D eigenvalue weighted by atomic mass is 10.1. The molecule has 0 aliphatic carbocycles. The van der Waals surface area contributed by atoms with E-state index in [0.717, 1.165) is 30.0 Å². The SMILES string of the molecule is COc1ccc(-c2nnc(S[C@@H](C)C(=O)N[C@@H](C)CCc3ccccc3)n2C)cc1. The second-order valence-electron chi connectivity index (χ2n) is 7.29. The van der Waals surface area contributed by atoms with Crippen molar-refractivity contribution in [2.45, 2.75) is 43.1 Å². The van der Waals surface area contributed by atoms with Gasteiger partial charge in [0.15, 0.2) is 11.0 Å². The van der Waals surface area contributed by atoms with Crippen LogP contribution >= 0.6 is 11.8 Å². The number of hydrogen-bond donors (Lipinski definition) is 1. The number of ether oxygens (including phenoxy) is 1. The Labute approximate surface area is 182 Å². The summed E-state index contributed by atoms with van der Waals surface area (Å²) in [6.07, 6.45) is 1.84. The summed E-state index contributed by atoms with van der Waals surface area (Å²) in [5.41, 5.74) is 2.23. The second kappa shape index (κ2) is 10.3. The van der Waals surface area contributed by atoms with E-state index >= 15 is 0 Å². The van der Waals surface area contributed by atoms with E-state index in [1.165, 1.54) is 17.3 Å². The maximum absolute atomic E-state index is 12.6. The van der Waals surface area contributed by atoms with Gasteiger partial charge in [0.25, 0.3) is 0 Å². The number of hydrogen-bond acceptors (Lipinski definition) is 5. The number of thioether (sulfide) groups is 1. The molecule has 3 aromatic rings. The van der Waals surface area contributed by atoms with Gasteiger partial charge in [0.05, 0.1) is 12.4 Å². The van der Waals surface area contributed by atoms with Gasteiger partial charge in [-0.05, 0) is 56.5 Å². The number of carbonyl (C=O) groups is 1. The molecule has 0 bridgehead atoms. The fraction of sp³-hybridized carbons (Fsp3) is 0.348. The minimum Gasteiger partial charge on any atom is -0.497 e. The van der Waals surface area contributed by atoms with Gasteiger partial charge in [-0.2, -0.15) is 0 Å². The molecule has 7 heteroatoms. The van der Waals surface area contributed by atoms with Crippen molar-refractivity contribution in [3.05, 3.63) is 60.2 Å². The first kappa shape index (κ1) is 21.9. The van der Waals surface area contributed by atoms with E-state index in [0.29, 0.717) is 5.16 Å². The smallest absolute Gasteiger partial charge is 0.233 e. The van der Waals surface area contributed by atoms with E-state index in [4.69, 9.17) is 4.74 Å². The van der Waals surface area contributed by atoms with Crippen LogP contribution in [0.1, 0.15) is 25.8 Å². The molecule has 1 N–H and O–H groups in total. The number of aryl methyl sites for hydroxylation is 1. The van der Waals surface area contributed by atoms with Crippen molar-refractivity contribution in [3.8, 4) is 17.1 Å². The Morgan fingerprint density at radius 1 is 1.10 bits per heavy atom. The lowest BCUT2D eigenvalue weighted by Crippen LogP contribution is -2.38. The second-order valence-corrected chi connectivity index (χ2v) is 8.60. The lowest BCUT2D eigenvalue weighted by molar-refractivity contribution is -0.120. The van der Waals surface area contributed by atoms with E-state index in [1.807, 2.05) is 67.9 Å². The van der Waals surface area contributed by atoms with Crippen LogP contribution in [-0.2, 0) is 18.3 Å². The van der Waals surface area contributed by atoms with Gasteiger partial charge >= 0.3 is 0 Å². The Morgan fingerprint density at radius 3 is 2.47 bits per heavy atom. The zero-order valence-corrected chi connectivity index (χ0v) is 18.6. The number of nitrogens with one attached hydrogen (secondary N) is 1. The van der Waals surface area contributed by atoms with Crippen LogP contribution in [0.15, 0.2) is 59.8 Å². The fourth-order valence-corrected chi connectivity index (χ4v) is 3.90.